The molecule has 4 nitrogen and oxygen atoms in total. The van der Waals surface area contributed by atoms with Crippen LogP contribution >= 0.6 is 22.9 Å². The van der Waals surface area contributed by atoms with Gasteiger partial charge in [-0.1, -0.05) is 22.9 Å². The highest BCUT2D eigenvalue weighted by Gasteiger charge is 2.09. The largest absolute Gasteiger partial charge is 0.491 e. The smallest absolute Gasteiger partial charge is 0.279 e. The Hall–Kier alpha value is -1.59. The van der Waals surface area contributed by atoms with Gasteiger partial charge in [0.05, 0.1) is 22.2 Å². The van der Waals surface area contributed by atoms with Gasteiger partial charge in [-0.05, 0) is 26.0 Å². The Labute approximate surface area is 120 Å². The lowest BCUT2D eigenvalue weighted by Crippen LogP contribution is -2.05. The summed E-state index contributed by atoms with van der Waals surface area (Å²) in [6.45, 7) is 3.88. The zero-order valence-corrected chi connectivity index (χ0v) is 12.0. The molecule has 1 aromatic heterocycles. The van der Waals surface area contributed by atoms with Crippen LogP contribution < -0.4 is 9.47 Å². The molecule has 0 aliphatic carbocycles. The van der Waals surface area contributed by atoms with Crippen LogP contribution in [0, 0.1) is 0 Å². The highest BCUT2D eigenvalue weighted by Crippen LogP contribution is 2.34. The maximum Gasteiger partial charge on any atom is 0.279 e. The van der Waals surface area contributed by atoms with Crippen LogP contribution in [-0.4, -0.2) is 17.4 Å². The molecule has 0 bridgehead atoms. The molecule has 0 spiro atoms. The first-order valence-corrected chi connectivity index (χ1v) is 6.83. The van der Waals surface area contributed by atoms with Gasteiger partial charge in [0.15, 0.2) is 6.29 Å². The summed E-state index contributed by atoms with van der Waals surface area (Å²) >= 11 is 7.27. The van der Waals surface area contributed by atoms with Crippen LogP contribution in [0.15, 0.2) is 24.4 Å². The van der Waals surface area contributed by atoms with Gasteiger partial charge in [-0.25, -0.2) is 4.98 Å². The molecule has 1 heterocycles. The Kier molecular flexibility index (Phi) is 4.39. The SMILES string of the molecule is CC(C)Oc1ccc(Oc2ncc(C=O)s2)c(Cl)c1. The van der Waals surface area contributed by atoms with E-state index in [1.54, 1.807) is 18.2 Å². The molecule has 0 fully saturated rings. The minimum atomic E-state index is 0.0805. The Morgan fingerprint density at radius 3 is 2.79 bits per heavy atom. The molecule has 6 heteroatoms. The van der Waals surface area contributed by atoms with Gasteiger partial charge < -0.3 is 9.47 Å². The second-order valence-electron chi connectivity index (χ2n) is 4.01. The van der Waals surface area contributed by atoms with Crippen molar-refractivity contribution in [1.82, 2.24) is 4.98 Å². The van der Waals surface area contributed by atoms with Gasteiger partial charge in [0.2, 0.25) is 0 Å². The number of hydrogen-bond acceptors (Lipinski definition) is 5. The lowest BCUT2D eigenvalue weighted by atomic mass is 10.3. The molecule has 0 amide bonds. The normalized spacial score (nSPS) is 10.5. The van der Waals surface area contributed by atoms with Crippen LogP contribution in [0.1, 0.15) is 23.5 Å². The van der Waals surface area contributed by atoms with Crippen molar-refractivity contribution in [3.63, 3.8) is 0 Å². The molecule has 0 unspecified atom stereocenters. The molecule has 2 rings (SSSR count). The number of benzene rings is 1. The summed E-state index contributed by atoms with van der Waals surface area (Å²) in [7, 11) is 0. The van der Waals surface area contributed by atoms with Crippen LogP contribution in [-0.2, 0) is 0 Å². The molecule has 0 aliphatic heterocycles. The van der Waals surface area contributed by atoms with Gasteiger partial charge in [-0.3, -0.25) is 4.79 Å². The number of carbonyl (C=O) groups excluding carboxylic acids is 1. The van der Waals surface area contributed by atoms with Crippen molar-refractivity contribution < 1.29 is 14.3 Å². The highest BCUT2D eigenvalue weighted by molar-refractivity contribution is 7.15. The monoisotopic (exact) mass is 297 g/mol. The average Bonchev–Trinajstić information content (AvgIpc) is 2.80. The number of ether oxygens (including phenoxy) is 2. The number of rotatable bonds is 5. The summed E-state index contributed by atoms with van der Waals surface area (Å²) in [4.78, 5) is 15.0. The number of carbonyl (C=O) groups is 1. The van der Waals surface area contributed by atoms with Crippen molar-refractivity contribution >= 4 is 29.2 Å². The Balaban J connectivity index is 2.14. The zero-order chi connectivity index (χ0) is 13.8. The second-order valence-corrected chi connectivity index (χ2v) is 5.44. The van der Waals surface area contributed by atoms with E-state index in [-0.39, 0.29) is 6.10 Å². The molecule has 0 aliphatic rings. The second kappa shape index (κ2) is 6.04. The van der Waals surface area contributed by atoms with Crippen molar-refractivity contribution in [2.75, 3.05) is 0 Å². The zero-order valence-electron chi connectivity index (χ0n) is 10.4. The van der Waals surface area contributed by atoms with E-state index < -0.39 is 0 Å². The fourth-order valence-corrected chi connectivity index (χ4v) is 2.18. The predicted molar refractivity (Wildman–Crippen MR) is 74.8 cm³/mol. The molecular weight excluding hydrogens is 286 g/mol. The number of aromatic nitrogens is 1. The van der Waals surface area contributed by atoms with E-state index in [2.05, 4.69) is 4.98 Å². The summed E-state index contributed by atoms with van der Waals surface area (Å²) in [5, 5.41) is 0.808. The van der Waals surface area contributed by atoms with Gasteiger partial charge >= 0.3 is 0 Å². The standard InChI is InChI=1S/C13H12ClNO3S/c1-8(2)17-9-3-4-12(11(14)5-9)18-13-15-6-10(7-16)19-13/h3-8H,1-2H3. The number of hydrogen-bond donors (Lipinski definition) is 0. The van der Waals surface area contributed by atoms with Gasteiger partial charge in [-0.2, -0.15) is 0 Å². The first-order chi connectivity index (χ1) is 9.08. The van der Waals surface area contributed by atoms with E-state index >= 15 is 0 Å². The summed E-state index contributed by atoms with van der Waals surface area (Å²) in [6, 6.07) is 5.17. The van der Waals surface area contributed by atoms with Crippen LogP contribution in [0.5, 0.6) is 16.7 Å². The maximum atomic E-state index is 10.6. The van der Waals surface area contributed by atoms with E-state index in [1.165, 1.54) is 6.20 Å². The van der Waals surface area contributed by atoms with Crippen molar-refractivity contribution in [2.24, 2.45) is 0 Å². The van der Waals surface area contributed by atoms with Gasteiger partial charge in [-0.15, -0.1) is 0 Å². The topological polar surface area (TPSA) is 48.4 Å². The van der Waals surface area contributed by atoms with E-state index in [1.807, 2.05) is 13.8 Å². The maximum absolute atomic E-state index is 10.6. The highest BCUT2D eigenvalue weighted by atomic mass is 35.5. The molecule has 0 atom stereocenters. The molecule has 2 aromatic rings. The van der Waals surface area contributed by atoms with E-state index in [0.717, 1.165) is 17.6 Å². The summed E-state index contributed by atoms with van der Waals surface area (Å²) in [5.74, 6) is 1.16. The van der Waals surface area contributed by atoms with Crippen LogP contribution in [0.4, 0.5) is 0 Å². The number of thiazole rings is 1. The summed E-state index contributed by atoms with van der Waals surface area (Å²) in [5.41, 5.74) is 0. The number of aldehydes is 1. The van der Waals surface area contributed by atoms with Crippen LogP contribution in [0.2, 0.25) is 5.02 Å². The predicted octanol–water partition coefficient (Wildman–Crippen LogP) is 4.19. The molecule has 0 radical (unpaired) electrons. The lowest BCUT2D eigenvalue weighted by molar-refractivity contribution is 0.112. The third-order valence-electron chi connectivity index (χ3n) is 2.09. The van der Waals surface area contributed by atoms with Crippen molar-refractivity contribution in [3.8, 4) is 16.7 Å². The quantitative estimate of drug-likeness (QED) is 0.777. The fourth-order valence-electron chi connectivity index (χ4n) is 1.38. The molecule has 0 saturated heterocycles. The van der Waals surface area contributed by atoms with E-state index in [4.69, 9.17) is 21.1 Å². The third kappa shape index (κ3) is 3.68. The molecule has 19 heavy (non-hydrogen) atoms. The van der Waals surface area contributed by atoms with Crippen molar-refractivity contribution in [1.29, 1.82) is 0 Å². The Morgan fingerprint density at radius 2 is 2.21 bits per heavy atom. The lowest BCUT2D eigenvalue weighted by Gasteiger charge is -2.11. The average molecular weight is 298 g/mol. The Morgan fingerprint density at radius 1 is 1.42 bits per heavy atom. The minimum absolute atomic E-state index is 0.0805. The molecular formula is C13H12ClNO3S. The third-order valence-corrected chi connectivity index (χ3v) is 3.19. The number of nitrogens with zero attached hydrogens (tertiary/aromatic N) is 1. The number of halogens is 1. The first-order valence-electron chi connectivity index (χ1n) is 5.63. The molecule has 100 valence electrons. The van der Waals surface area contributed by atoms with Crippen LogP contribution in [0.3, 0.4) is 0 Å². The molecule has 0 saturated carbocycles. The van der Waals surface area contributed by atoms with Crippen molar-refractivity contribution in [2.45, 2.75) is 20.0 Å². The van der Waals surface area contributed by atoms with Gasteiger partial charge in [0.1, 0.15) is 11.5 Å². The van der Waals surface area contributed by atoms with Gasteiger partial charge in [0.25, 0.3) is 5.19 Å². The van der Waals surface area contributed by atoms with Gasteiger partial charge in [0, 0.05) is 6.07 Å². The van der Waals surface area contributed by atoms with E-state index in [9.17, 15) is 4.79 Å². The molecule has 1 aromatic carbocycles. The van der Waals surface area contributed by atoms with E-state index in [0.29, 0.717) is 26.6 Å². The fraction of sp³-hybridized carbons (Fsp3) is 0.231. The molecule has 0 N–H and O–H groups in total. The Bertz CT molecular complexity index is 583. The minimum Gasteiger partial charge on any atom is -0.491 e. The van der Waals surface area contributed by atoms with Crippen LogP contribution in [0.25, 0.3) is 0 Å². The first kappa shape index (κ1) is 13.8. The van der Waals surface area contributed by atoms with Crippen molar-refractivity contribution in [3.05, 3.63) is 34.3 Å². The summed E-state index contributed by atoms with van der Waals surface area (Å²) < 4.78 is 11.0. The summed E-state index contributed by atoms with van der Waals surface area (Å²) in [6.07, 6.45) is 2.26.